The molecule has 1 heterocycles. The van der Waals surface area contributed by atoms with E-state index in [2.05, 4.69) is 10.6 Å². The van der Waals surface area contributed by atoms with E-state index in [1.807, 2.05) is 0 Å². The lowest BCUT2D eigenvalue weighted by atomic mass is 10.0. The molecule has 6 unspecified atom stereocenters. The van der Waals surface area contributed by atoms with Crippen molar-refractivity contribution in [2.45, 2.75) is 76.9 Å². The number of rotatable bonds is 9. The Morgan fingerprint density at radius 3 is 2.00 bits per heavy atom. The van der Waals surface area contributed by atoms with Gasteiger partial charge in [-0.15, -0.1) is 0 Å². The molecule has 6 atom stereocenters. The highest BCUT2D eigenvalue weighted by Gasteiger charge is 2.39. The van der Waals surface area contributed by atoms with Gasteiger partial charge in [-0.2, -0.15) is 0 Å². The number of likely N-dealkylation sites (tertiary alicyclic amines) is 1. The van der Waals surface area contributed by atoms with E-state index >= 15 is 0 Å². The van der Waals surface area contributed by atoms with Gasteiger partial charge in [0, 0.05) is 6.54 Å². The first kappa shape index (κ1) is 24.8. The zero-order chi connectivity index (χ0) is 22.5. The number of aliphatic hydroxyl groups is 2. The molecule has 0 aromatic rings. The molecular formula is C18H32N4O7. The second-order valence-electron chi connectivity index (χ2n) is 7.75. The second-order valence-corrected chi connectivity index (χ2v) is 7.75. The molecule has 11 nitrogen and oxygen atoms in total. The van der Waals surface area contributed by atoms with Gasteiger partial charge in [-0.05, 0) is 32.6 Å². The van der Waals surface area contributed by atoms with Crippen LogP contribution in [0.3, 0.4) is 0 Å². The fourth-order valence-electron chi connectivity index (χ4n) is 3.07. The number of amides is 3. The molecule has 3 amide bonds. The minimum Gasteiger partial charge on any atom is -0.480 e. The number of carbonyl (C=O) groups is 4. The van der Waals surface area contributed by atoms with E-state index in [1.165, 1.54) is 18.7 Å². The summed E-state index contributed by atoms with van der Waals surface area (Å²) in [4.78, 5) is 50.2. The zero-order valence-corrected chi connectivity index (χ0v) is 17.2. The van der Waals surface area contributed by atoms with Crippen molar-refractivity contribution in [2.24, 2.45) is 11.7 Å². The van der Waals surface area contributed by atoms with Crippen LogP contribution >= 0.6 is 0 Å². The maximum absolute atomic E-state index is 12.7. The van der Waals surface area contributed by atoms with Crippen molar-refractivity contribution in [2.75, 3.05) is 6.54 Å². The third-order valence-electron chi connectivity index (χ3n) is 4.95. The van der Waals surface area contributed by atoms with Gasteiger partial charge in [-0.1, -0.05) is 13.8 Å². The van der Waals surface area contributed by atoms with Crippen LogP contribution in [0.15, 0.2) is 0 Å². The highest BCUT2D eigenvalue weighted by Crippen LogP contribution is 2.20. The maximum Gasteiger partial charge on any atom is 0.328 e. The molecule has 0 bridgehead atoms. The van der Waals surface area contributed by atoms with E-state index in [4.69, 9.17) is 10.8 Å². The minimum atomic E-state index is -1.60. The number of aliphatic hydroxyl groups excluding tert-OH is 2. The molecule has 29 heavy (non-hydrogen) atoms. The molecule has 0 aromatic heterocycles. The van der Waals surface area contributed by atoms with Gasteiger partial charge in [-0.3, -0.25) is 14.4 Å². The minimum absolute atomic E-state index is 0.115. The van der Waals surface area contributed by atoms with Crippen molar-refractivity contribution in [1.82, 2.24) is 15.5 Å². The summed E-state index contributed by atoms with van der Waals surface area (Å²) >= 11 is 0. The molecule has 7 N–H and O–H groups in total. The highest BCUT2D eigenvalue weighted by molar-refractivity contribution is 5.94. The number of aliphatic carboxylic acids is 1. The normalized spacial score (nSPS) is 21.8. The monoisotopic (exact) mass is 416 g/mol. The number of carboxylic acid groups (broad SMARTS) is 1. The van der Waals surface area contributed by atoms with Gasteiger partial charge in [-0.25, -0.2) is 4.79 Å². The largest absolute Gasteiger partial charge is 0.480 e. The quantitative estimate of drug-likeness (QED) is 0.244. The first-order chi connectivity index (χ1) is 13.4. The molecule has 0 aromatic carbocycles. The van der Waals surface area contributed by atoms with Crippen molar-refractivity contribution in [1.29, 1.82) is 0 Å². The number of nitrogens with one attached hydrogen (secondary N) is 2. The maximum atomic E-state index is 12.7. The summed E-state index contributed by atoms with van der Waals surface area (Å²) < 4.78 is 0. The Labute approximate surface area is 169 Å². The molecule has 1 saturated heterocycles. The number of nitrogens with two attached hydrogens (primary N) is 1. The van der Waals surface area contributed by atoms with Gasteiger partial charge in [0.2, 0.25) is 17.7 Å². The molecule has 11 heteroatoms. The molecule has 166 valence electrons. The Kier molecular flexibility index (Phi) is 8.99. The van der Waals surface area contributed by atoms with Gasteiger partial charge in [0.15, 0.2) is 6.04 Å². The zero-order valence-electron chi connectivity index (χ0n) is 17.2. The molecule has 1 fully saturated rings. The Morgan fingerprint density at radius 1 is 1.00 bits per heavy atom. The van der Waals surface area contributed by atoms with E-state index in [9.17, 15) is 29.4 Å². The predicted molar refractivity (Wildman–Crippen MR) is 102 cm³/mol. The molecule has 1 aliphatic heterocycles. The van der Waals surface area contributed by atoms with Crippen LogP contribution in [-0.2, 0) is 19.2 Å². The lowest BCUT2D eigenvalue weighted by molar-refractivity contribution is -0.146. The van der Waals surface area contributed by atoms with Crippen LogP contribution in [0.4, 0.5) is 0 Å². The van der Waals surface area contributed by atoms with Crippen molar-refractivity contribution >= 4 is 23.7 Å². The fourth-order valence-corrected chi connectivity index (χ4v) is 3.07. The number of carboxylic acids is 1. The van der Waals surface area contributed by atoms with E-state index in [-0.39, 0.29) is 11.8 Å². The summed E-state index contributed by atoms with van der Waals surface area (Å²) in [6, 6.07) is -4.66. The molecule has 0 aliphatic carbocycles. The van der Waals surface area contributed by atoms with Gasteiger partial charge >= 0.3 is 5.97 Å². The lowest BCUT2D eigenvalue weighted by Gasteiger charge is -2.30. The molecule has 0 spiro atoms. The highest BCUT2D eigenvalue weighted by atomic mass is 16.4. The van der Waals surface area contributed by atoms with Crippen LogP contribution < -0.4 is 16.4 Å². The Balaban J connectivity index is 2.90. The summed E-state index contributed by atoms with van der Waals surface area (Å²) in [6.07, 6.45) is -1.77. The fraction of sp³-hybridized carbons (Fsp3) is 0.778. The van der Waals surface area contributed by atoms with Gasteiger partial charge < -0.3 is 36.6 Å². The van der Waals surface area contributed by atoms with Crippen molar-refractivity contribution in [3.8, 4) is 0 Å². The van der Waals surface area contributed by atoms with Crippen LogP contribution in [0.1, 0.15) is 40.5 Å². The van der Waals surface area contributed by atoms with Crippen LogP contribution in [0.25, 0.3) is 0 Å². The molecule has 0 saturated carbocycles. The Hall–Kier alpha value is -2.24. The standard InChI is InChI=1S/C18H32N4O7/c1-8(2)12(19)17(27)22-7-5-6-11(22)15(25)20-13(9(3)23)16(26)21-14(10(4)24)18(28)29/h8-14,23-24H,5-7,19H2,1-4H3,(H,20,25)(H,21,26)(H,28,29). The number of hydrogen-bond acceptors (Lipinski definition) is 7. The predicted octanol–water partition coefficient (Wildman–Crippen LogP) is -2.22. The summed E-state index contributed by atoms with van der Waals surface area (Å²) in [5.41, 5.74) is 5.91. The lowest BCUT2D eigenvalue weighted by Crippen LogP contribution is -2.60. The average molecular weight is 416 g/mol. The van der Waals surface area contributed by atoms with Gasteiger partial charge in [0.1, 0.15) is 12.1 Å². The smallest absolute Gasteiger partial charge is 0.328 e. The number of carbonyl (C=O) groups excluding carboxylic acids is 3. The van der Waals surface area contributed by atoms with Crippen molar-refractivity contribution in [3.63, 3.8) is 0 Å². The van der Waals surface area contributed by atoms with Crippen LogP contribution in [-0.4, -0.2) is 86.8 Å². The third-order valence-corrected chi connectivity index (χ3v) is 4.95. The summed E-state index contributed by atoms with van der Waals surface area (Å²) in [5.74, 6) is -3.54. The third kappa shape index (κ3) is 6.38. The van der Waals surface area contributed by atoms with Crippen LogP contribution in [0.2, 0.25) is 0 Å². The topological polar surface area (TPSA) is 182 Å². The van der Waals surface area contributed by atoms with E-state index < -0.39 is 54.2 Å². The Bertz CT molecular complexity index is 623. The summed E-state index contributed by atoms with van der Waals surface area (Å²) in [5, 5.41) is 33.0. The van der Waals surface area contributed by atoms with Crippen molar-refractivity contribution in [3.05, 3.63) is 0 Å². The molecule has 1 rings (SSSR count). The van der Waals surface area contributed by atoms with Crippen LogP contribution in [0, 0.1) is 5.92 Å². The molecular weight excluding hydrogens is 384 g/mol. The number of nitrogens with zero attached hydrogens (tertiary/aromatic N) is 1. The molecule has 0 radical (unpaired) electrons. The van der Waals surface area contributed by atoms with Crippen molar-refractivity contribution < 1.29 is 34.5 Å². The van der Waals surface area contributed by atoms with E-state index in [0.29, 0.717) is 19.4 Å². The van der Waals surface area contributed by atoms with Crippen LogP contribution in [0.5, 0.6) is 0 Å². The summed E-state index contributed by atoms with van der Waals surface area (Å²) in [6.45, 7) is 6.39. The summed E-state index contributed by atoms with van der Waals surface area (Å²) in [7, 11) is 0. The van der Waals surface area contributed by atoms with E-state index in [0.717, 1.165) is 0 Å². The van der Waals surface area contributed by atoms with Gasteiger partial charge in [0.05, 0.1) is 18.2 Å². The second kappa shape index (κ2) is 10.5. The number of hydrogen-bond donors (Lipinski definition) is 6. The first-order valence-corrected chi connectivity index (χ1v) is 9.64. The molecule has 1 aliphatic rings. The average Bonchev–Trinajstić information content (AvgIpc) is 3.11. The van der Waals surface area contributed by atoms with E-state index in [1.54, 1.807) is 13.8 Å². The first-order valence-electron chi connectivity index (χ1n) is 9.64. The van der Waals surface area contributed by atoms with Gasteiger partial charge in [0.25, 0.3) is 0 Å². The SMILES string of the molecule is CC(C)C(N)C(=O)N1CCCC1C(=O)NC(C(=O)NC(C(=O)O)C(C)O)C(C)O. The Morgan fingerprint density at radius 2 is 1.55 bits per heavy atom.